The van der Waals surface area contributed by atoms with Crippen LogP contribution in [-0.4, -0.2) is 46.5 Å². The molecule has 0 fully saturated rings. The standard InChI is InChI=1S/C12H23N3O4/c1-6-8(9(16)17)15(5)11(19)14-12(4,7(2)3)10(13)18/h7-8H,6H2,1-5H3,(H2,13,18)(H,14,19)(H,16,17). The number of nitrogens with one attached hydrogen (secondary N) is 1. The van der Waals surface area contributed by atoms with Gasteiger partial charge in [-0.25, -0.2) is 9.59 Å². The molecular weight excluding hydrogens is 250 g/mol. The molecule has 7 nitrogen and oxygen atoms in total. The van der Waals surface area contributed by atoms with Crippen LogP contribution in [0.15, 0.2) is 0 Å². The number of carbonyl (C=O) groups is 3. The first kappa shape index (κ1) is 17.2. The second kappa shape index (κ2) is 6.40. The van der Waals surface area contributed by atoms with Crippen LogP contribution in [0, 0.1) is 5.92 Å². The largest absolute Gasteiger partial charge is 0.480 e. The number of urea groups is 1. The Labute approximate surface area is 113 Å². The van der Waals surface area contributed by atoms with Crippen LogP contribution in [0.2, 0.25) is 0 Å². The van der Waals surface area contributed by atoms with Gasteiger partial charge >= 0.3 is 12.0 Å². The van der Waals surface area contributed by atoms with E-state index in [2.05, 4.69) is 5.32 Å². The van der Waals surface area contributed by atoms with Crippen LogP contribution in [0.4, 0.5) is 4.79 Å². The van der Waals surface area contributed by atoms with E-state index in [4.69, 9.17) is 10.8 Å². The van der Waals surface area contributed by atoms with Crippen molar-refractivity contribution in [3.8, 4) is 0 Å². The lowest BCUT2D eigenvalue weighted by Gasteiger charge is -2.34. The summed E-state index contributed by atoms with van der Waals surface area (Å²) in [6, 6.07) is -1.58. The van der Waals surface area contributed by atoms with E-state index in [1.165, 1.54) is 14.0 Å². The number of nitrogens with two attached hydrogens (primary N) is 1. The molecule has 110 valence electrons. The van der Waals surface area contributed by atoms with E-state index in [1.807, 2.05) is 0 Å². The van der Waals surface area contributed by atoms with E-state index in [0.717, 1.165) is 4.90 Å². The van der Waals surface area contributed by atoms with Gasteiger partial charge in [0.25, 0.3) is 0 Å². The zero-order valence-electron chi connectivity index (χ0n) is 12.1. The third-order valence-corrected chi connectivity index (χ3v) is 3.49. The van der Waals surface area contributed by atoms with Crippen molar-refractivity contribution in [3.63, 3.8) is 0 Å². The predicted molar refractivity (Wildman–Crippen MR) is 70.4 cm³/mol. The Hall–Kier alpha value is -1.79. The fraction of sp³-hybridized carbons (Fsp3) is 0.750. The zero-order valence-corrected chi connectivity index (χ0v) is 12.1. The normalized spacial score (nSPS) is 15.5. The molecule has 0 bridgehead atoms. The van der Waals surface area contributed by atoms with E-state index in [1.54, 1.807) is 20.8 Å². The molecule has 0 aliphatic rings. The van der Waals surface area contributed by atoms with Gasteiger partial charge in [0, 0.05) is 7.05 Å². The Kier molecular flexibility index (Phi) is 5.80. The summed E-state index contributed by atoms with van der Waals surface area (Å²) >= 11 is 0. The molecule has 2 unspecified atom stereocenters. The summed E-state index contributed by atoms with van der Waals surface area (Å²) in [5.41, 5.74) is 4.08. The van der Waals surface area contributed by atoms with Crippen LogP contribution in [0.3, 0.4) is 0 Å². The van der Waals surface area contributed by atoms with Crippen molar-refractivity contribution in [1.82, 2.24) is 10.2 Å². The Morgan fingerprint density at radius 1 is 1.37 bits per heavy atom. The molecule has 0 rings (SSSR count). The van der Waals surface area contributed by atoms with Crippen molar-refractivity contribution in [2.75, 3.05) is 7.05 Å². The summed E-state index contributed by atoms with van der Waals surface area (Å²) in [6.07, 6.45) is 0.272. The number of hydrogen-bond acceptors (Lipinski definition) is 3. The van der Waals surface area contributed by atoms with Crippen LogP contribution in [0.25, 0.3) is 0 Å². The van der Waals surface area contributed by atoms with E-state index < -0.39 is 29.5 Å². The molecule has 0 aliphatic carbocycles. The molecule has 0 saturated carbocycles. The minimum atomic E-state index is -1.22. The highest BCUT2D eigenvalue weighted by Crippen LogP contribution is 2.17. The minimum absolute atomic E-state index is 0.216. The third kappa shape index (κ3) is 3.84. The van der Waals surface area contributed by atoms with Gasteiger partial charge in [-0.2, -0.15) is 0 Å². The number of aliphatic carboxylic acids is 1. The van der Waals surface area contributed by atoms with E-state index in [9.17, 15) is 14.4 Å². The summed E-state index contributed by atoms with van der Waals surface area (Å²) in [4.78, 5) is 35.5. The highest BCUT2D eigenvalue weighted by molar-refractivity contribution is 5.91. The van der Waals surface area contributed by atoms with Crippen molar-refractivity contribution in [2.45, 2.75) is 45.7 Å². The molecule has 0 heterocycles. The first-order valence-corrected chi connectivity index (χ1v) is 6.15. The maximum atomic E-state index is 12.0. The predicted octanol–water partition coefficient (Wildman–Crippen LogP) is 0.391. The molecule has 0 radical (unpaired) electrons. The number of primary amides is 1. The molecule has 0 aromatic rings. The summed E-state index contributed by atoms with van der Waals surface area (Å²) in [5.74, 6) is -1.97. The van der Waals surface area contributed by atoms with Crippen LogP contribution in [-0.2, 0) is 9.59 Å². The van der Waals surface area contributed by atoms with Gasteiger partial charge in [-0.05, 0) is 19.3 Å². The number of carbonyl (C=O) groups excluding carboxylic acids is 2. The summed E-state index contributed by atoms with van der Waals surface area (Å²) in [7, 11) is 1.37. The molecular formula is C12H23N3O4. The van der Waals surface area contributed by atoms with Crippen molar-refractivity contribution < 1.29 is 19.5 Å². The number of carboxylic acid groups (broad SMARTS) is 1. The molecule has 0 aromatic carbocycles. The molecule has 0 aliphatic heterocycles. The second-order valence-electron chi connectivity index (χ2n) is 5.02. The average molecular weight is 273 g/mol. The van der Waals surface area contributed by atoms with Gasteiger partial charge in [-0.15, -0.1) is 0 Å². The maximum Gasteiger partial charge on any atom is 0.326 e. The molecule has 19 heavy (non-hydrogen) atoms. The lowest BCUT2D eigenvalue weighted by Crippen LogP contribution is -2.62. The van der Waals surface area contributed by atoms with E-state index >= 15 is 0 Å². The third-order valence-electron chi connectivity index (χ3n) is 3.49. The van der Waals surface area contributed by atoms with Gasteiger partial charge in [-0.3, -0.25) is 4.79 Å². The lowest BCUT2D eigenvalue weighted by atomic mass is 9.88. The monoisotopic (exact) mass is 273 g/mol. The van der Waals surface area contributed by atoms with Crippen molar-refractivity contribution >= 4 is 17.9 Å². The van der Waals surface area contributed by atoms with Crippen molar-refractivity contribution in [1.29, 1.82) is 0 Å². The van der Waals surface area contributed by atoms with Gasteiger partial charge in [0.15, 0.2) is 0 Å². The summed E-state index contributed by atoms with van der Waals surface area (Å²) in [6.45, 7) is 6.69. The molecule has 0 saturated heterocycles. The SMILES string of the molecule is CCC(C(=O)O)N(C)C(=O)NC(C)(C(N)=O)C(C)C. The van der Waals surface area contributed by atoms with Crippen LogP contribution < -0.4 is 11.1 Å². The van der Waals surface area contributed by atoms with Crippen molar-refractivity contribution in [3.05, 3.63) is 0 Å². The fourth-order valence-corrected chi connectivity index (χ4v) is 1.56. The highest BCUT2D eigenvalue weighted by Gasteiger charge is 2.38. The summed E-state index contributed by atoms with van der Waals surface area (Å²) in [5, 5.41) is 11.5. The summed E-state index contributed by atoms with van der Waals surface area (Å²) < 4.78 is 0. The topological polar surface area (TPSA) is 113 Å². The average Bonchev–Trinajstić information content (AvgIpc) is 2.28. The Morgan fingerprint density at radius 2 is 1.84 bits per heavy atom. The number of nitrogens with zero attached hydrogens (tertiary/aromatic N) is 1. The van der Waals surface area contributed by atoms with Gasteiger partial charge in [0.05, 0.1) is 0 Å². The van der Waals surface area contributed by atoms with Crippen LogP contribution >= 0.6 is 0 Å². The number of carboxylic acids is 1. The van der Waals surface area contributed by atoms with Crippen LogP contribution in [0.5, 0.6) is 0 Å². The number of likely N-dealkylation sites (N-methyl/N-ethyl adjacent to an activating group) is 1. The zero-order chi connectivity index (χ0) is 15.4. The number of amides is 3. The maximum absolute atomic E-state index is 12.0. The lowest BCUT2D eigenvalue weighted by molar-refractivity contribution is -0.141. The number of hydrogen-bond donors (Lipinski definition) is 3. The van der Waals surface area contributed by atoms with Crippen LogP contribution in [0.1, 0.15) is 34.1 Å². The molecule has 0 aromatic heterocycles. The first-order chi connectivity index (χ1) is 8.57. The van der Waals surface area contributed by atoms with Gasteiger partial charge < -0.3 is 21.1 Å². The smallest absolute Gasteiger partial charge is 0.326 e. The molecule has 2 atom stereocenters. The highest BCUT2D eigenvalue weighted by atomic mass is 16.4. The van der Waals surface area contributed by atoms with Crippen molar-refractivity contribution in [2.24, 2.45) is 11.7 Å². The Bertz CT molecular complexity index is 370. The first-order valence-electron chi connectivity index (χ1n) is 6.15. The quantitative estimate of drug-likeness (QED) is 0.649. The Morgan fingerprint density at radius 3 is 2.11 bits per heavy atom. The van der Waals surface area contributed by atoms with Gasteiger partial charge in [-0.1, -0.05) is 20.8 Å². The Balaban J connectivity index is 5.03. The molecule has 4 N–H and O–H groups in total. The minimum Gasteiger partial charge on any atom is -0.480 e. The van der Waals surface area contributed by atoms with E-state index in [0.29, 0.717) is 0 Å². The fourth-order valence-electron chi connectivity index (χ4n) is 1.56. The number of rotatable bonds is 6. The van der Waals surface area contributed by atoms with Gasteiger partial charge in [0.2, 0.25) is 5.91 Å². The second-order valence-corrected chi connectivity index (χ2v) is 5.02. The molecule has 7 heteroatoms. The van der Waals surface area contributed by atoms with Gasteiger partial charge in [0.1, 0.15) is 11.6 Å². The molecule has 3 amide bonds. The van der Waals surface area contributed by atoms with E-state index in [-0.39, 0.29) is 12.3 Å². The molecule has 0 spiro atoms.